The number of carbonyl (C=O) groups excluding carboxylic acids is 1. The second-order valence-corrected chi connectivity index (χ2v) is 5.79. The Kier molecular flexibility index (Phi) is 3.71. The Morgan fingerprint density at radius 1 is 1.21 bits per heavy atom. The molecular weight excluding hydrogens is 264 g/mol. The van der Waals surface area contributed by atoms with Gasteiger partial charge < -0.3 is 4.42 Å². The molecule has 0 fully saturated rings. The van der Waals surface area contributed by atoms with Crippen molar-refractivity contribution < 1.29 is 9.21 Å². The Balaban J connectivity index is 2.11. The van der Waals surface area contributed by atoms with Crippen LogP contribution in [0.4, 0.5) is 0 Å². The quantitative estimate of drug-likeness (QED) is 0.807. The first kappa shape index (κ1) is 13.7. The number of halogens is 1. The predicted molar refractivity (Wildman–Crippen MR) is 72.5 cm³/mol. The molecule has 0 aliphatic heterocycles. The smallest absolute Gasteiger partial charge is 0.224 e. The lowest BCUT2D eigenvalue weighted by Crippen LogP contribution is -2.11. The van der Waals surface area contributed by atoms with E-state index in [1.54, 1.807) is 24.3 Å². The number of ketones is 1. The highest BCUT2D eigenvalue weighted by molar-refractivity contribution is 6.30. The molecule has 1 heterocycles. The van der Waals surface area contributed by atoms with E-state index in [4.69, 9.17) is 16.0 Å². The monoisotopic (exact) mass is 278 g/mol. The van der Waals surface area contributed by atoms with Crippen molar-refractivity contribution in [2.45, 2.75) is 32.6 Å². The molecule has 4 nitrogen and oxygen atoms in total. The van der Waals surface area contributed by atoms with Crippen molar-refractivity contribution in [1.29, 1.82) is 0 Å². The van der Waals surface area contributed by atoms with Gasteiger partial charge in [-0.2, -0.15) is 0 Å². The molecule has 1 aromatic carbocycles. The highest BCUT2D eigenvalue weighted by atomic mass is 35.5. The summed E-state index contributed by atoms with van der Waals surface area (Å²) in [5.41, 5.74) is 0.370. The van der Waals surface area contributed by atoms with Gasteiger partial charge >= 0.3 is 0 Å². The molecule has 100 valence electrons. The molecule has 0 amide bonds. The fourth-order valence-corrected chi connectivity index (χ4v) is 1.63. The maximum atomic E-state index is 12.0. The van der Waals surface area contributed by atoms with Crippen molar-refractivity contribution >= 4 is 17.4 Å². The van der Waals surface area contributed by atoms with Gasteiger partial charge in [0.2, 0.25) is 11.8 Å². The Hall–Kier alpha value is -1.68. The third-order valence-corrected chi connectivity index (χ3v) is 2.84. The molecule has 19 heavy (non-hydrogen) atoms. The summed E-state index contributed by atoms with van der Waals surface area (Å²) < 4.78 is 5.49. The van der Waals surface area contributed by atoms with Crippen LogP contribution in [0.2, 0.25) is 5.02 Å². The Morgan fingerprint density at radius 3 is 2.37 bits per heavy atom. The van der Waals surface area contributed by atoms with E-state index in [9.17, 15) is 4.79 Å². The molecule has 0 N–H and O–H groups in total. The van der Waals surface area contributed by atoms with E-state index in [1.807, 2.05) is 20.8 Å². The van der Waals surface area contributed by atoms with E-state index in [0.717, 1.165) is 0 Å². The fraction of sp³-hybridized carbons (Fsp3) is 0.357. The molecule has 2 rings (SSSR count). The molecule has 0 aliphatic carbocycles. The minimum atomic E-state index is -0.214. The first-order valence-electron chi connectivity index (χ1n) is 5.98. The minimum Gasteiger partial charge on any atom is -0.424 e. The average Bonchev–Trinajstić information content (AvgIpc) is 2.78. The molecule has 0 aliphatic rings. The van der Waals surface area contributed by atoms with Crippen molar-refractivity contribution in [2.24, 2.45) is 0 Å². The highest BCUT2D eigenvalue weighted by Crippen LogP contribution is 2.21. The van der Waals surface area contributed by atoms with E-state index in [-0.39, 0.29) is 17.6 Å². The first-order chi connectivity index (χ1) is 8.86. The molecule has 0 bridgehead atoms. The summed E-state index contributed by atoms with van der Waals surface area (Å²) in [6, 6.07) is 6.74. The lowest BCUT2D eigenvalue weighted by atomic mass is 9.97. The van der Waals surface area contributed by atoms with Crippen molar-refractivity contribution in [3.8, 4) is 0 Å². The molecule has 5 heteroatoms. The van der Waals surface area contributed by atoms with Crippen LogP contribution in [0, 0.1) is 0 Å². The van der Waals surface area contributed by atoms with Crippen LogP contribution in [0.3, 0.4) is 0 Å². The van der Waals surface area contributed by atoms with Gasteiger partial charge in [-0.15, -0.1) is 10.2 Å². The largest absolute Gasteiger partial charge is 0.424 e. The van der Waals surface area contributed by atoms with Crippen LogP contribution in [0.5, 0.6) is 0 Å². The van der Waals surface area contributed by atoms with Gasteiger partial charge in [0.15, 0.2) is 5.78 Å². The van der Waals surface area contributed by atoms with Gasteiger partial charge in [-0.05, 0) is 24.3 Å². The molecule has 0 spiro atoms. The molecule has 0 radical (unpaired) electrons. The van der Waals surface area contributed by atoms with Crippen LogP contribution in [0.15, 0.2) is 28.7 Å². The van der Waals surface area contributed by atoms with Crippen molar-refractivity contribution in [3.63, 3.8) is 0 Å². The number of hydrogen-bond donors (Lipinski definition) is 0. The number of aromatic nitrogens is 2. The zero-order chi connectivity index (χ0) is 14.0. The summed E-state index contributed by atoms with van der Waals surface area (Å²) in [5.74, 6) is 0.803. The van der Waals surface area contributed by atoms with Crippen LogP contribution in [0.25, 0.3) is 0 Å². The summed E-state index contributed by atoms with van der Waals surface area (Å²) >= 11 is 5.78. The van der Waals surface area contributed by atoms with E-state index in [2.05, 4.69) is 10.2 Å². The van der Waals surface area contributed by atoms with E-state index in [1.165, 1.54) is 0 Å². The second-order valence-electron chi connectivity index (χ2n) is 5.36. The molecule has 1 aromatic heterocycles. The third-order valence-electron chi connectivity index (χ3n) is 2.59. The minimum absolute atomic E-state index is 0.0687. The maximum absolute atomic E-state index is 12.0. The van der Waals surface area contributed by atoms with Gasteiger partial charge in [-0.3, -0.25) is 4.79 Å². The summed E-state index contributed by atoms with van der Waals surface area (Å²) in [4.78, 5) is 12.0. The van der Waals surface area contributed by atoms with Gasteiger partial charge in [0.1, 0.15) is 0 Å². The van der Waals surface area contributed by atoms with Gasteiger partial charge in [-0.1, -0.05) is 32.4 Å². The molecule has 0 atom stereocenters. The van der Waals surface area contributed by atoms with Crippen LogP contribution in [-0.4, -0.2) is 16.0 Å². The van der Waals surface area contributed by atoms with Crippen molar-refractivity contribution in [3.05, 3.63) is 46.6 Å². The van der Waals surface area contributed by atoms with E-state index < -0.39 is 0 Å². The number of benzene rings is 1. The fourth-order valence-electron chi connectivity index (χ4n) is 1.50. The normalized spacial score (nSPS) is 11.6. The van der Waals surface area contributed by atoms with Gasteiger partial charge in [-0.25, -0.2) is 0 Å². The first-order valence-corrected chi connectivity index (χ1v) is 6.36. The van der Waals surface area contributed by atoms with Crippen molar-refractivity contribution in [2.75, 3.05) is 0 Å². The predicted octanol–water partition coefficient (Wildman–Crippen LogP) is 3.45. The Morgan fingerprint density at radius 2 is 1.84 bits per heavy atom. The zero-order valence-corrected chi connectivity index (χ0v) is 11.9. The number of hydrogen-bond acceptors (Lipinski definition) is 4. The van der Waals surface area contributed by atoms with Crippen LogP contribution in [0.1, 0.15) is 42.9 Å². The van der Waals surface area contributed by atoms with E-state index in [0.29, 0.717) is 22.4 Å². The standard InChI is InChI=1S/C14H15ClN2O2/c1-14(2,3)13-17-16-12(19-13)8-11(18)9-4-6-10(15)7-5-9/h4-7H,8H2,1-3H3. The van der Waals surface area contributed by atoms with Gasteiger partial charge in [0.05, 0.1) is 6.42 Å². The Bertz CT molecular complexity index is 582. The number of carbonyl (C=O) groups is 1. The zero-order valence-electron chi connectivity index (χ0n) is 11.1. The molecule has 0 saturated heterocycles. The number of nitrogens with zero attached hydrogens (tertiary/aromatic N) is 2. The number of Topliss-reactive ketones (excluding diaryl/α,β-unsaturated/α-hetero) is 1. The lowest BCUT2D eigenvalue weighted by molar-refractivity contribution is 0.0984. The van der Waals surface area contributed by atoms with Crippen LogP contribution in [-0.2, 0) is 11.8 Å². The number of rotatable bonds is 3. The third kappa shape index (κ3) is 3.41. The molecule has 2 aromatic rings. The van der Waals surface area contributed by atoms with Crippen LogP contribution >= 0.6 is 11.6 Å². The summed E-state index contributed by atoms with van der Waals surface area (Å²) in [6.45, 7) is 5.93. The molecular formula is C14H15ClN2O2. The summed E-state index contributed by atoms with van der Waals surface area (Å²) in [7, 11) is 0. The maximum Gasteiger partial charge on any atom is 0.224 e. The van der Waals surface area contributed by atoms with Gasteiger partial charge in [0.25, 0.3) is 0 Å². The lowest BCUT2D eigenvalue weighted by Gasteiger charge is -2.10. The SMILES string of the molecule is CC(C)(C)c1nnc(CC(=O)c2ccc(Cl)cc2)o1. The van der Waals surface area contributed by atoms with Gasteiger partial charge in [0, 0.05) is 16.0 Å². The Labute approximate surface area is 116 Å². The highest BCUT2D eigenvalue weighted by Gasteiger charge is 2.22. The summed E-state index contributed by atoms with van der Waals surface area (Å²) in [6.07, 6.45) is 0.102. The van der Waals surface area contributed by atoms with Crippen LogP contribution < -0.4 is 0 Å². The molecule has 0 saturated carbocycles. The molecule has 0 unspecified atom stereocenters. The second kappa shape index (κ2) is 5.13. The van der Waals surface area contributed by atoms with E-state index >= 15 is 0 Å². The van der Waals surface area contributed by atoms with Crippen molar-refractivity contribution in [1.82, 2.24) is 10.2 Å². The average molecular weight is 279 g/mol. The topological polar surface area (TPSA) is 56.0 Å². The summed E-state index contributed by atoms with van der Waals surface area (Å²) in [5, 5.41) is 8.46.